The van der Waals surface area contributed by atoms with Crippen LogP contribution in [0.4, 0.5) is 4.39 Å². The number of halogens is 2. The number of nitrogens with one attached hydrogen (secondary N) is 1. The van der Waals surface area contributed by atoms with Crippen LogP contribution in [-0.2, 0) is 6.54 Å². The van der Waals surface area contributed by atoms with E-state index in [9.17, 15) is 4.39 Å². The minimum atomic E-state index is -0.755. The van der Waals surface area contributed by atoms with E-state index in [4.69, 9.17) is 0 Å². The Morgan fingerprint density at radius 2 is 2.24 bits per heavy atom. The second-order valence-electron chi connectivity index (χ2n) is 4.54. The Kier molecular flexibility index (Phi) is 3.79. The van der Waals surface area contributed by atoms with Crippen LogP contribution in [0.2, 0.25) is 0 Å². The Bertz CT molecular complexity index is 433. The van der Waals surface area contributed by atoms with Gasteiger partial charge < -0.3 is 5.32 Å². The van der Waals surface area contributed by atoms with Gasteiger partial charge in [0.25, 0.3) is 0 Å². The van der Waals surface area contributed by atoms with Crippen molar-refractivity contribution in [3.8, 4) is 0 Å². The molecule has 0 saturated carbocycles. The van der Waals surface area contributed by atoms with E-state index in [0.29, 0.717) is 6.54 Å². The molecule has 0 spiro atoms. The number of fused-ring (bicyclic) bond motifs is 1. The molecule has 92 valence electrons. The average Bonchev–Trinajstić information content (AvgIpc) is 2.76. The van der Waals surface area contributed by atoms with Crippen molar-refractivity contribution in [3.05, 3.63) is 34.9 Å². The number of aliphatic imine (C=N–C) groups is 1. The third-order valence-corrected chi connectivity index (χ3v) is 3.50. The molecule has 2 atom stereocenters. The van der Waals surface area contributed by atoms with E-state index in [1.54, 1.807) is 0 Å². The summed E-state index contributed by atoms with van der Waals surface area (Å²) >= 11 is 0. The van der Waals surface area contributed by atoms with Gasteiger partial charge in [-0.1, -0.05) is 18.2 Å². The second-order valence-corrected chi connectivity index (χ2v) is 4.54. The van der Waals surface area contributed by atoms with E-state index >= 15 is 0 Å². The highest BCUT2D eigenvalue weighted by molar-refractivity contribution is 5.85. The van der Waals surface area contributed by atoms with Gasteiger partial charge in [-0.05, 0) is 29.7 Å². The van der Waals surface area contributed by atoms with E-state index in [2.05, 4.69) is 28.5 Å². The van der Waals surface area contributed by atoms with Crippen LogP contribution in [0.25, 0.3) is 0 Å². The highest BCUT2D eigenvalue weighted by atomic mass is 35.5. The summed E-state index contributed by atoms with van der Waals surface area (Å²) in [6.07, 6.45) is 2.03. The molecule has 1 N–H and O–H groups in total. The monoisotopic (exact) mass is 254 g/mol. The summed E-state index contributed by atoms with van der Waals surface area (Å²) in [5.41, 5.74) is 3.56. The molecule has 0 bridgehead atoms. The fraction of sp³-hybridized carbons (Fsp3) is 0.462. The highest BCUT2D eigenvalue weighted by Gasteiger charge is 2.26. The number of nitrogens with zero attached hydrogens (tertiary/aromatic N) is 1. The van der Waals surface area contributed by atoms with Crippen molar-refractivity contribution < 1.29 is 4.39 Å². The van der Waals surface area contributed by atoms with Crippen molar-refractivity contribution in [2.45, 2.75) is 25.1 Å². The number of hydrogen-bond donors (Lipinski definition) is 1. The molecule has 1 aromatic rings. The van der Waals surface area contributed by atoms with Gasteiger partial charge in [0.2, 0.25) is 0 Å². The molecule has 2 nitrogen and oxygen atoms in total. The molecule has 2 heterocycles. The number of benzene rings is 1. The molecular weight excluding hydrogens is 239 g/mol. The first-order chi connectivity index (χ1) is 7.84. The minimum Gasteiger partial charge on any atom is -0.314 e. The van der Waals surface area contributed by atoms with Crippen LogP contribution < -0.4 is 5.32 Å². The van der Waals surface area contributed by atoms with Gasteiger partial charge in [0.05, 0.1) is 6.54 Å². The first-order valence-corrected chi connectivity index (χ1v) is 5.82. The van der Waals surface area contributed by atoms with Gasteiger partial charge in [-0.15, -0.1) is 12.4 Å². The summed E-state index contributed by atoms with van der Waals surface area (Å²) in [6, 6.07) is 6.25. The fourth-order valence-corrected chi connectivity index (χ4v) is 2.56. The number of alkyl halides is 1. The van der Waals surface area contributed by atoms with E-state index in [0.717, 1.165) is 25.1 Å². The molecule has 0 amide bonds. The first-order valence-electron chi connectivity index (χ1n) is 5.82. The largest absolute Gasteiger partial charge is 0.314 e. The molecule has 1 saturated heterocycles. The van der Waals surface area contributed by atoms with Crippen LogP contribution in [0.3, 0.4) is 0 Å². The van der Waals surface area contributed by atoms with Gasteiger partial charge >= 0.3 is 0 Å². The van der Waals surface area contributed by atoms with E-state index in [1.165, 1.54) is 11.1 Å². The van der Waals surface area contributed by atoms with Crippen LogP contribution >= 0.6 is 12.4 Å². The third-order valence-electron chi connectivity index (χ3n) is 3.50. The van der Waals surface area contributed by atoms with Crippen LogP contribution in [0.5, 0.6) is 0 Å². The smallest absolute Gasteiger partial charge is 0.119 e. The van der Waals surface area contributed by atoms with Crippen LogP contribution in [-0.4, -0.2) is 25.5 Å². The Labute approximate surface area is 107 Å². The molecule has 0 radical (unpaired) electrons. The lowest BCUT2D eigenvalue weighted by molar-refractivity contribution is 0.231. The Hall–Kier alpha value is -0.930. The average molecular weight is 255 g/mol. The van der Waals surface area contributed by atoms with Gasteiger partial charge in [-0.2, -0.15) is 0 Å². The van der Waals surface area contributed by atoms with Crippen LogP contribution in [0.1, 0.15) is 29.0 Å². The molecule has 0 aliphatic carbocycles. The number of piperidine rings is 1. The van der Waals surface area contributed by atoms with Crippen molar-refractivity contribution in [1.29, 1.82) is 0 Å². The van der Waals surface area contributed by atoms with Crippen LogP contribution in [0.15, 0.2) is 23.2 Å². The molecule has 0 aromatic heterocycles. The maximum atomic E-state index is 13.8. The van der Waals surface area contributed by atoms with Gasteiger partial charge in [0.15, 0.2) is 0 Å². The first kappa shape index (κ1) is 12.5. The Morgan fingerprint density at radius 3 is 3.06 bits per heavy atom. The highest BCUT2D eigenvalue weighted by Crippen LogP contribution is 2.30. The molecule has 2 aliphatic rings. The van der Waals surface area contributed by atoms with E-state index in [-0.39, 0.29) is 18.3 Å². The number of hydrogen-bond acceptors (Lipinski definition) is 2. The zero-order valence-electron chi connectivity index (χ0n) is 9.53. The van der Waals surface area contributed by atoms with Crippen molar-refractivity contribution in [3.63, 3.8) is 0 Å². The predicted octanol–water partition coefficient (Wildman–Crippen LogP) is 2.46. The Morgan fingerprint density at radius 1 is 1.35 bits per heavy atom. The summed E-state index contributed by atoms with van der Waals surface area (Å²) in [7, 11) is 0. The fourth-order valence-electron chi connectivity index (χ4n) is 2.56. The zero-order valence-corrected chi connectivity index (χ0v) is 10.3. The molecule has 17 heavy (non-hydrogen) atoms. The third kappa shape index (κ3) is 2.35. The second kappa shape index (κ2) is 5.15. The van der Waals surface area contributed by atoms with Gasteiger partial charge in [-0.3, -0.25) is 4.99 Å². The van der Waals surface area contributed by atoms with Gasteiger partial charge in [0, 0.05) is 18.7 Å². The lowest BCUT2D eigenvalue weighted by Gasteiger charge is -2.27. The van der Waals surface area contributed by atoms with Crippen molar-refractivity contribution >= 4 is 18.6 Å². The normalized spacial score (nSPS) is 26.4. The maximum absolute atomic E-state index is 13.8. The molecule has 4 heteroatoms. The summed E-state index contributed by atoms with van der Waals surface area (Å²) in [5.74, 6) is 0.0622. The van der Waals surface area contributed by atoms with Gasteiger partial charge in [0.1, 0.15) is 6.17 Å². The molecule has 2 unspecified atom stereocenters. The van der Waals surface area contributed by atoms with E-state index in [1.807, 2.05) is 6.21 Å². The summed E-state index contributed by atoms with van der Waals surface area (Å²) < 4.78 is 13.8. The summed E-state index contributed by atoms with van der Waals surface area (Å²) in [5, 5.41) is 3.09. The van der Waals surface area contributed by atoms with E-state index < -0.39 is 6.17 Å². The molecular formula is C13H16ClFN2. The lowest BCUT2D eigenvalue weighted by atomic mass is 9.87. The predicted molar refractivity (Wildman–Crippen MR) is 70.1 cm³/mol. The maximum Gasteiger partial charge on any atom is 0.119 e. The number of rotatable bonds is 1. The topological polar surface area (TPSA) is 24.4 Å². The molecule has 1 aromatic carbocycles. The minimum absolute atomic E-state index is 0. The van der Waals surface area contributed by atoms with Crippen LogP contribution in [0, 0.1) is 0 Å². The quantitative estimate of drug-likeness (QED) is 0.818. The molecule has 1 fully saturated rings. The Balaban J connectivity index is 0.00000108. The lowest BCUT2D eigenvalue weighted by Crippen LogP contribution is -2.36. The van der Waals surface area contributed by atoms with Crippen molar-refractivity contribution in [2.75, 3.05) is 13.1 Å². The zero-order chi connectivity index (χ0) is 11.0. The standard InChI is InChI=1S/C13H15FN2.ClH/c14-13-8-15-4-3-12(13)9-1-2-10-6-16-7-11(10)5-9;/h1-2,5-6,12-13,15H,3-4,7-8H2;1H. The molecule has 3 rings (SSSR count). The van der Waals surface area contributed by atoms with Crippen molar-refractivity contribution in [1.82, 2.24) is 5.32 Å². The summed E-state index contributed by atoms with van der Waals surface area (Å²) in [4.78, 5) is 4.23. The SMILES string of the molecule is Cl.FC1CNCCC1c1ccc2c(c1)CN=C2. The van der Waals surface area contributed by atoms with Crippen molar-refractivity contribution in [2.24, 2.45) is 4.99 Å². The summed E-state index contributed by atoms with van der Waals surface area (Å²) in [6.45, 7) is 2.15. The molecule has 2 aliphatic heterocycles. The van der Waals surface area contributed by atoms with Gasteiger partial charge in [-0.25, -0.2) is 4.39 Å².